The van der Waals surface area contributed by atoms with Gasteiger partial charge in [-0.1, -0.05) is 71.0 Å². The van der Waals surface area contributed by atoms with E-state index in [-0.39, 0.29) is 11.5 Å². The van der Waals surface area contributed by atoms with Crippen molar-refractivity contribution in [2.24, 2.45) is 0 Å². The summed E-state index contributed by atoms with van der Waals surface area (Å²) in [7, 11) is 0. The first-order valence-electron chi connectivity index (χ1n) is 8.20. The van der Waals surface area contributed by atoms with Crippen LogP contribution in [0, 0.1) is 5.21 Å². The zero-order chi connectivity index (χ0) is 18.1. The Morgan fingerprint density at radius 2 is 1.69 bits per heavy atom. The molecule has 4 rings (SSSR count). The number of carbonyl (C=O) groups excluding carboxylic acids is 1. The third-order valence-electron chi connectivity index (χ3n) is 4.32. The zero-order valence-electron chi connectivity index (χ0n) is 13.8. The maximum atomic E-state index is 13.0. The Balaban J connectivity index is 1.88. The number of nitrogens with zero attached hydrogens (tertiary/aromatic N) is 2. The fraction of sp³-hybridized carbons (Fsp3) is 0.0476. The molecule has 1 aromatic heterocycles. The van der Waals surface area contributed by atoms with Gasteiger partial charge in [0.25, 0.3) is 11.5 Å². The maximum Gasteiger partial charge on any atom is 0.299 e. The van der Waals surface area contributed by atoms with Gasteiger partial charge in [0.2, 0.25) is 0 Å². The number of aromatic nitrogens is 2. The van der Waals surface area contributed by atoms with Crippen molar-refractivity contribution in [1.82, 2.24) is 4.68 Å². The van der Waals surface area contributed by atoms with Gasteiger partial charge in [-0.15, -0.1) is 4.68 Å². The van der Waals surface area contributed by atoms with E-state index in [1.54, 1.807) is 35.0 Å². The van der Waals surface area contributed by atoms with Crippen LogP contribution < -0.4 is 4.85 Å². The third-order valence-corrected chi connectivity index (χ3v) is 4.56. The largest absolute Gasteiger partial charge is 0.595 e. The van der Waals surface area contributed by atoms with E-state index in [0.717, 1.165) is 11.1 Å². The van der Waals surface area contributed by atoms with E-state index < -0.39 is 0 Å². The number of fused-ring (bicyclic) bond motifs is 1. The summed E-state index contributed by atoms with van der Waals surface area (Å²) in [4.78, 5) is 13.7. The summed E-state index contributed by atoms with van der Waals surface area (Å²) in [5, 5.41) is 14.1. The van der Waals surface area contributed by atoms with Gasteiger partial charge in [0.05, 0.1) is 5.39 Å². The second kappa shape index (κ2) is 6.65. The molecule has 3 aromatic carbocycles. The Morgan fingerprint density at radius 3 is 2.46 bits per heavy atom. The number of rotatable bonds is 4. The van der Waals surface area contributed by atoms with Crippen LogP contribution in [0.4, 0.5) is 0 Å². The Hall–Kier alpha value is -3.11. The molecule has 1 heterocycles. The first kappa shape index (κ1) is 16.4. The Bertz CT molecular complexity index is 1100. The quantitative estimate of drug-likeness (QED) is 0.310. The smallest absolute Gasteiger partial charge is 0.299 e. The van der Waals surface area contributed by atoms with Crippen molar-refractivity contribution in [3.05, 3.63) is 106 Å². The molecule has 0 spiro atoms. The van der Waals surface area contributed by atoms with Gasteiger partial charge in [-0.05, 0) is 29.8 Å². The van der Waals surface area contributed by atoms with Crippen LogP contribution in [0.2, 0.25) is 5.02 Å². The summed E-state index contributed by atoms with van der Waals surface area (Å²) in [6.45, 7) is 0.383. The predicted octanol–water partition coefficient (Wildman–Crippen LogP) is 4.21. The monoisotopic (exact) mass is 362 g/mol. The Kier molecular flexibility index (Phi) is 4.19. The van der Waals surface area contributed by atoms with E-state index in [9.17, 15) is 10.0 Å². The number of hydrogen-bond donors (Lipinski definition) is 0. The number of carbonyl (C=O) groups is 1. The van der Waals surface area contributed by atoms with Crippen molar-refractivity contribution < 1.29 is 9.64 Å². The van der Waals surface area contributed by atoms with Gasteiger partial charge >= 0.3 is 0 Å². The van der Waals surface area contributed by atoms with Gasteiger partial charge in [-0.3, -0.25) is 4.79 Å². The Labute approximate surface area is 155 Å². The average Bonchev–Trinajstić information content (AvgIpc) is 2.94. The summed E-state index contributed by atoms with van der Waals surface area (Å²) in [5.41, 5.74) is 2.21. The topological polar surface area (TPSA) is 48.9 Å². The minimum absolute atomic E-state index is 0.110. The van der Waals surface area contributed by atoms with Gasteiger partial charge in [-0.25, -0.2) is 0 Å². The molecule has 0 unspecified atom stereocenters. The van der Waals surface area contributed by atoms with Crippen molar-refractivity contribution in [2.75, 3.05) is 0 Å². The molecule has 0 bridgehead atoms. The SMILES string of the molecule is O=C(c1cccc(Cl)c1)c1c2ccccc2n(Cc2ccccc2)[n+]1[O-]. The number of benzene rings is 3. The molecule has 0 amide bonds. The van der Waals surface area contributed by atoms with E-state index in [1.807, 2.05) is 48.5 Å². The number of hydrogen-bond acceptors (Lipinski definition) is 2. The van der Waals surface area contributed by atoms with Crippen molar-refractivity contribution in [3.63, 3.8) is 0 Å². The number of halogens is 1. The predicted molar refractivity (Wildman–Crippen MR) is 101 cm³/mol. The van der Waals surface area contributed by atoms with Gasteiger partial charge in [-0.2, -0.15) is 0 Å². The third kappa shape index (κ3) is 2.85. The molecular weight excluding hydrogens is 348 g/mol. The lowest BCUT2D eigenvalue weighted by Gasteiger charge is -2.06. The first-order chi connectivity index (χ1) is 12.6. The van der Waals surface area contributed by atoms with Crippen molar-refractivity contribution >= 4 is 28.3 Å². The molecule has 26 heavy (non-hydrogen) atoms. The fourth-order valence-electron chi connectivity index (χ4n) is 3.10. The van der Waals surface area contributed by atoms with Crippen LogP contribution in [0.25, 0.3) is 10.9 Å². The number of para-hydroxylation sites is 1. The van der Waals surface area contributed by atoms with Crippen LogP contribution in [0.1, 0.15) is 21.6 Å². The second-order valence-electron chi connectivity index (χ2n) is 6.02. The molecule has 4 nitrogen and oxygen atoms in total. The normalized spacial score (nSPS) is 11.0. The molecule has 5 heteroatoms. The molecule has 0 radical (unpaired) electrons. The standard InChI is InChI=1S/C21H15ClN2O2/c22-17-10-6-9-16(13-17)21(25)20-18-11-4-5-12-19(18)23(24(20)26)14-15-7-2-1-3-8-15/h1-13H,14H2. The minimum Gasteiger partial charge on any atom is -0.595 e. The van der Waals surface area contributed by atoms with Crippen LogP contribution >= 0.6 is 11.6 Å². The molecule has 0 aliphatic rings. The van der Waals surface area contributed by atoms with Crippen molar-refractivity contribution in [2.45, 2.75) is 6.54 Å². The van der Waals surface area contributed by atoms with Gasteiger partial charge in [0.15, 0.2) is 0 Å². The summed E-state index contributed by atoms with van der Waals surface area (Å²) in [6, 6.07) is 23.6. The summed E-state index contributed by atoms with van der Waals surface area (Å²) >= 11 is 6.00. The average molecular weight is 363 g/mol. The Morgan fingerprint density at radius 1 is 0.962 bits per heavy atom. The van der Waals surface area contributed by atoms with Crippen LogP contribution in [-0.2, 0) is 6.54 Å². The van der Waals surface area contributed by atoms with E-state index >= 15 is 0 Å². The lowest BCUT2D eigenvalue weighted by atomic mass is 10.1. The maximum absolute atomic E-state index is 13.0. The highest BCUT2D eigenvalue weighted by atomic mass is 35.5. The van der Waals surface area contributed by atoms with Crippen LogP contribution in [0.3, 0.4) is 0 Å². The summed E-state index contributed by atoms with van der Waals surface area (Å²) < 4.78 is 1.57. The molecule has 0 N–H and O–H groups in total. The highest BCUT2D eigenvalue weighted by Gasteiger charge is 2.28. The van der Waals surface area contributed by atoms with Crippen LogP contribution in [0.5, 0.6) is 0 Å². The van der Waals surface area contributed by atoms with E-state index in [4.69, 9.17) is 11.6 Å². The highest BCUT2D eigenvalue weighted by molar-refractivity contribution is 6.31. The van der Waals surface area contributed by atoms with E-state index in [0.29, 0.717) is 27.4 Å². The molecule has 0 aliphatic heterocycles. The minimum atomic E-state index is -0.342. The fourth-order valence-corrected chi connectivity index (χ4v) is 3.29. The van der Waals surface area contributed by atoms with E-state index in [2.05, 4.69) is 0 Å². The summed E-state index contributed by atoms with van der Waals surface area (Å²) in [6.07, 6.45) is 0. The molecule has 0 aliphatic carbocycles. The van der Waals surface area contributed by atoms with Crippen LogP contribution in [0.15, 0.2) is 78.9 Å². The van der Waals surface area contributed by atoms with Gasteiger partial charge in [0.1, 0.15) is 12.1 Å². The van der Waals surface area contributed by atoms with Crippen LogP contribution in [-0.4, -0.2) is 10.5 Å². The van der Waals surface area contributed by atoms with Gasteiger partial charge in [0, 0.05) is 10.6 Å². The lowest BCUT2D eigenvalue weighted by molar-refractivity contribution is -0.692. The molecule has 128 valence electrons. The number of ketones is 1. The van der Waals surface area contributed by atoms with E-state index in [1.165, 1.54) is 0 Å². The molecule has 4 aromatic rings. The zero-order valence-corrected chi connectivity index (χ0v) is 14.6. The summed E-state index contributed by atoms with van der Waals surface area (Å²) in [5.74, 6) is -0.342. The van der Waals surface area contributed by atoms with Gasteiger partial charge < -0.3 is 5.21 Å². The molecule has 0 atom stereocenters. The lowest BCUT2D eigenvalue weighted by Crippen LogP contribution is -2.42. The molecule has 0 saturated carbocycles. The highest BCUT2D eigenvalue weighted by Crippen LogP contribution is 2.22. The molecule has 0 saturated heterocycles. The van der Waals surface area contributed by atoms with Crippen molar-refractivity contribution in [3.8, 4) is 0 Å². The second-order valence-corrected chi connectivity index (χ2v) is 6.46. The first-order valence-corrected chi connectivity index (χ1v) is 8.58. The van der Waals surface area contributed by atoms with Crippen molar-refractivity contribution in [1.29, 1.82) is 0 Å². The molecular formula is C21H15ClN2O2. The molecule has 0 fully saturated rings.